The molecule has 1 aliphatic heterocycles. The maximum Gasteiger partial charge on any atom is 0.0788 e. The highest BCUT2D eigenvalue weighted by molar-refractivity contribution is 4.55. The van der Waals surface area contributed by atoms with Gasteiger partial charge in [-0.2, -0.15) is 0 Å². The molecule has 1 nitrogen and oxygen atoms in total. The van der Waals surface area contributed by atoms with Gasteiger partial charge in [0.15, 0.2) is 0 Å². The van der Waals surface area contributed by atoms with Crippen LogP contribution >= 0.6 is 0 Å². The van der Waals surface area contributed by atoms with Gasteiger partial charge in [0.1, 0.15) is 0 Å². The lowest BCUT2D eigenvalue weighted by atomic mass is 10.1. The summed E-state index contributed by atoms with van der Waals surface area (Å²) in [4.78, 5) is 0. The molecule has 1 fully saturated rings. The Kier molecular flexibility index (Phi) is 9.59. The third-order valence-electron chi connectivity index (χ3n) is 5.17. The van der Waals surface area contributed by atoms with E-state index in [1.54, 1.807) is 0 Å². The van der Waals surface area contributed by atoms with E-state index in [0.29, 0.717) is 0 Å². The molecule has 0 aromatic heterocycles. The number of unbranched alkanes of at least 4 members (excludes halogenated alkanes) is 9. The average molecular weight is 269 g/mol. The van der Waals surface area contributed by atoms with Crippen molar-refractivity contribution in [2.75, 3.05) is 26.2 Å². The molecule has 0 N–H and O–H groups in total. The number of nitrogens with zero attached hydrogens (tertiary/aromatic N) is 1. The summed E-state index contributed by atoms with van der Waals surface area (Å²) in [5, 5.41) is 0. The molecule has 19 heavy (non-hydrogen) atoms. The van der Waals surface area contributed by atoms with Crippen molar-refractivity contribution < 1.29 is 4.48 Å². The first-order chi connectivity index (χ1) is 9.33. The monoisotopic (exact) mass is 268 g/mol. The van der Waals surface area contributed by atoms with E-state index in [4.69, 9.17) is 0 Å². The van der Waals surface area contributed by atoms with Crippen LogP contribution in [0.2, 0.25) is 0 Å². The van der Waals surface area contributed by atoms with E-state index >= 15 is 0 Å². The van der Waals surface area contributed by atoms with Crippen LogP contribution in [0.25, 0.3) is 0 Å². The van der Waals surface area contributed by atoms with E-state index in [1.165, 1.54) is 108 Å². The van der Waals surface area contributed by atoms with Gasteiger partial charge in [0.2, 0.25) is 0 Å². The molecule has 1 heteroatoms. The number of quaternary nitrogens is 1. The predicted molar refractivity (Wildman–Crippen MR) is 86.5 cm³/mol. The highest BCUT2D eigenvalue weighted by Gasteiger charge is 2.28. The van der Waals surface area contributed by atoms with E-state index in [1.807, 2.05) is 0 Å². The van der Waals surface area contributed by atoms with Crippen LogP contribution < -0.4 is 0 Å². The summed E-state index contributed by atoms with van der Waals surface area (Å²) in [7, 11) is 0. The van der Waals surface area contributed by atoms with E-state index in [-0.39, 0.29) is 0 Å². The number of hydrogen-bond acceptors (Lipinski definition) is 0. The van der Waals surface area contributed by atoms with E-state index < -0.39 is 0 Å². The van der Waals surface area contributed by atoms with Gasteiger partial charge < -0.3 is 4.48 Å². The molecule has 1 rings (SSSR count). The van der Waals surface area contributed by atoms with Crippen LogP contribution in [0, 0.1) is 0 Å². The fourth-order valence-corrected chi connectivity index (χ4v) is 3.64. The molecule has 0 radical (unpaired) electrons. The average Bonchev–Trinajstić information content (AvgIpc) is 2.90. The summed E-state index contributed by atoms with van der Waals surface area (Å²) in [5.74, 6) is 0. The second-order valence-corrected chi connectivity index (χ2v) is 6.72. The highest BCUT2D eigenvalue weighted by atomic mass is 15.4. The lowest BCUT2D eigenvalue weighted by molar-refractivity contribution is -0.915. The lowest BCUT2D eigenvalue weighted by Gasteiger charge is -2.33. The van der Waals surface area contributed by atoms with Gasteiger partial charge in [-0.1, -0.05) is 58.3 Å². The van der Waals surface area contributed by atoms with Crippen molar-refractivity contribution in [1.82, 2.24) is 0 Å². The first-order valence-corrected chi connectivity index (χ1v) is 9.18. The zero-order valence-corrected chi connectivity index (χ0v) is 13.8. The highest BCUT2D eigenvalue weighted by Crippen LogP contribution is 2.20. The maximum absolute atomic E-state index is 2.39. The first kappa shape index (κ1) is 17.0. The lowest BCUT2D eigenvalue weighted by Crippen LogP contribution is -2.45. The van der Waals surface area contributed by atoms with Gasteiger partial charge in [0.25, 0.3) is 0 Å². The molecule has 0 unspecified atom stereocenters. The molecule has 0 aromatic rings. The van der Waals surface area contributed by atoms with Gasteiger partial charge in [-0.3, -0.25) is 0 Å². The minimum Gasteiger partial charge on any atom is -0.324 e. The van der Waals surface area contributed by atoms with Crippen LogP contribution in [0.1, 0.15) is 90.9 Å². The van der Waals surface area contributed by atoms with Crippen LogP contribution in [0.3, 0.4) is 0 Å². The second-order valence-electron chi connectivity index (χ2n) is 6.72. The Balaban J connectivity index is 1.85. The minimum atomic E-state index is 1.37. The van der Waals surface area contributed by atoms with Gasteiger partial charge >= 0.3 is 0 Å². The Morgan fingerprint density at radius 2 is 1.11 bits per heavy atom. The van der Waals surface area contributed by atoms with Crippen LogP contribution in [0.15, 0.2) is 0 Å². The zero-order chi connectivity index (χ0) is 13.8. The van der Waals surface area contributed by atoms with E-state index in [0.717, 1.165) is 0 Å². The summed E-state index contributed by atoms with van der Waals surface area (Å²) < 4.78 is 1.44. The van der Waals surface area contributed by atoms with Crippen molar-refractivity contribution in [1.29, 1.82) is 0 Å². The Hall–Kier alpha value is -0.0400. The minimum absolute atomic E-state index is 1.37. The van der Waals surface area contributed by atoms with Gasteiger partial charge in [-0.15, -0.1) is 0 Å². The second kappa shape index (κ2) is 10.7. The van der Waals surface area contributed by atoms with Gasteiger partial charge in [-0.25, -0.2) is 0 Å². The third kappa shape index (κ3) is 7.34. The molecule has 0 aliphatic carbocycles. The molecule has 114 valence electrons. The quantitative estimate of drug-likeness (QED) is 0.322. The van der Waals surface area contributed by atoms with Crippen molar-refractivity contribution >= 4 is 0 Å². The van der Waals surface area contributed by atoms with E-state index in [2.05, 4.69) is 13.8 Å². The Labute approximate surface area is 122 Å². The summed E-state index contributed by atoms with van der Waals surface area (Å²) >= 11 is 0. The predicted octanol–water partition coefficient (Wildman–Crippen LogP) is 5.54. The van der Waals surface area contributed by atoms with Gasteiger partial charge in [0.05, 0.1) is 26.2 Å². The summed E-state index contributed by atoms with van der Waals surface area (Å²) in [6.45, 7) is 10.5. The maximum atomic E-state index is 2.39. The van der Waals surface area contributed by atoms with Gasteiger partial charge in [-0.05, 0) is 19.8 Å². The first-order valence-electron chi connectivity index (χ1n) is 9.18. The molecule has 0 atom stereocenters. The van der Waals surface area contributed by atoms with E-state index in [9.17, 15) is 0 Å². The molecular weight excluding hydrogens is 230 g/mol. The van der Waals surface area contributed by atoms with Crippen molar-refractivity contribution in [3.63, 3.8) is 0 Å². The van der Waals surface area contributed by atoms with Crippen molar-refractivity contribution in [3.8, 4) is 0 Å². The van der Waals surface area contributed by atoms with Crippen LogP contribution in [0.4, 0.5) is 0 Å². The molecule has 1 heterocycles. The summed E-state index contributed by atoms with van der Waals surface area (Å²) in [6, 6.07) is 0. The molecule has 1 saturated heterocycles. The topological polar surface area (TPSA) is 0 Å². The summed E-state index contributed by atoms with van der Waals surface area (Å²) in [5.41, 5.74) is 0. The molecular formula is C18H38N+. The summed E-state index contributed by atoms with van der Waals surface area (Å²) in [6.07, 6.45) is 17.6. The standard InChI is InChI=1S/C18H38N/c1-3-5-6-7-8-9-10-11-12-13-16-19(4-2)17-14-15-18-19/h3-18H2,1-2H3/q+1. The zero-order valence-electron chi connectivity index (χ0n) is 13.8. The number of likely N-dealkylation sites (tertiary alicyclic amines) is 1. The Morgan fingerprint density at radius 1 is 0.632 bits per heavy atom. The van der Waals surface area contributed by atoms with Crippen LogP contribution in [0.5, 0.6) is 0 Å². The van der Waals surface area contributed by atoms with Crippen molar-refractivity contribution in [3.05, 3.63) is 0 Å². The van der Waals surface area contributed by atoms with Crippen molar-refractivity contribution in [2.24, 2.45) is 0 Å². The van der Waals surface area contributed by atoms with Crippen molar-refractivity contribution in [2.45, 2.75) is 90.9 Å². The van der Waals surface area contributed by atoms with Crippen LogP contribution in [-0.4, -0.2) is 30.7 Å². The molecule has 0 aromatic carbocycles. The normalized spacial score (nSPS) is 18.0. The molecule has 0 saturated carbocycles. The molecule has 0 bridgehead atoms. The largest absolute Gasteiger partial charge is 0.324 e. The number of rotatable bonds is 12. The fraction of sp³-hybridized carbons (Fsp3) is 1.00. The molecule has 0 spiro atoms. The number of hydrogen-bond donors (Lipinski definition) is 0. The smallest absolute Gasteiger partial charge is 0.0788 e. The van der Waals surface area contributed by atoms with Crippen LogP contribution in [-0.2, 0) is 0 Å². The Bertz CT molecular complexity index is 194. The SMILES string of the molecule is CCCCCCCCCCCC[N+]1(CC)CCCC1. The molecule has 0 amide bonds. The molecule has 1 aliphatic rings. The Morgan fingerprint density at radius 3 is 1.58 bits per heavy atom. The third-order valence-corrected chi connectivity index (χ3v) is 5.17. The fourth-order valence-electron chi connectivity index (χ4n) is 3.64. The van der Waals surface area contributed by atoms with Gasteiger partial charge in [0, 0.05) is 12.8 Å².